The molecule has 1 aromatic heterocycles. The van der Waals surface area contributed by atoms with Gasteiger partial charge in [0, 0.05) is 6.20 Å². The van der Waals surface area contributed by atoms with E-state index in [-0.39, 0.29) is 9.89 Å². The number of pyridine rings is 1. The molecule has 1 atom stereocenters. The number of hydrogen-bond acceptors (Lipinski definition) is 3. The number of rotatable bonds is 3. The second-order valence-electron chi connectivity index (χ2n) is 2.37. The van der Waals surface area contributed by atoms with E-state index in [2.05, 4.69) is 4.98 Å². The Labute approximate surface area is 90.6 Å². The van der Waals surface area contributed by atoms with Gasteiger partial charge in [0.25, 0.3) is 0 Å². The maximum absolute atomic E-state index is 11.3. The lowest BCUT2D eigenvalue weighted by Crippen LogP contribution is -2.11. The molecule has 1 aromatic rings. The molecule has 0 aliphatic carbocycles. The first-order valence-corrected chi connectivity index (χ1v) is 5.22. The lowest BCUT2D eigenvalue weighted by atomic mass is 10.3. The van der Waals surface area contributed by atoms with Crippen molar-refractivity contribution in [3.8, 4) is 0 Å². The van der Waals surface area contributed by atoms with Gasteiger partial charge in [0.1, 0.15) is 0 Å². The second kappa shape index (κ2) is 5.16. The predicted octanol–water partition coefficient (Wildman–Crippen LogP) is 2.12. The Bertz CT molecular complexity index is 276. The highest BCUT2D eigenvalue weighted by Gasteiger charge is 2.18. The van der Waals surface area contributed by atoms with Gasteiger partial charge in [-0.3, -0.25) is 9.78 Å². The van der Waals surface area contributed by atoms with Crippen molar-refractivity contribution >= 4 is 28.6 Å². The fraction of sp³-hybridized carbons (Fsp3) is 0.333. The van der Waals surface area contributed by atoms with E-state index in [4.69, 9.17) is 4.74 Å². The zero-order valence-electron chi connectivity index (χ0n) is 7.24. The van der Waals surface area contributed by atoms with Crippen LogP contribution in [0.3, 0.4) is 0 Å². The van der Waals surface area contributed by atoms with Gasteiger partial charge in [-0.05, 0) is 19.1 Å². The number of ether oxygens (including phenoxy) is 1. The van der Waals surface area contributed by atoms with E-state index in [1.807, 2.05) is 40.8 Å². The van der Waals surface area contributed by atoms with Crippen LogP contribution in [0.1, 0.15) is 16.5 Å². The Balaban J connectivity index is 2.68. The predicted molar refractivity (Wildman–Crippen MR) is 57.6 cm³/mol. The Hall–Kier alpha value is -0.650. The number of carbonyl (C=O) groups is 1. The summed E-state index contributed by atoms with van der Waals surface area (Å²) in [6, 6.07) is 5.49. The first-order chi connectivity index (χ1) is 6.25. The molecule has 4 heteroatoms. The zero-order chi connectivity index (χ0) is 9.68. The molecule has 0 aromatic carbocycles. The van der Waals surface area contributed by atoms with Crippen LogP contribution in [0.4, 0.5) is 0 Å². The highest BCUT2D eigenvalue weighted by atomic mass is 127. The highest BCUT2D eigenvalue weighted by Crippen LogP contribution is 2.22. The molecule has 13 heavy (non-hydrogen) atoms. The van der Waals surface area contributed by atoms with Gasteiger partial charge in [-0.2, -0.15) is 0 Å². The summed E-state index contributed by atoms with van der Waals surface area (Å²) in [5.74, 6) is -0.234. The molecule has 0 amide bonds. The minimum absolute atomic E-state index is 0.234. The summed E-state index contributed by atoms with van der Waals surface area (Å²) in [6.07, 6.45) is 1.67. The summed E-state index contributed by atoms with van der Waals surface area (Å²) in [5.41, 5.74) is 0.738. The van der Waals surface area contributed by atoms with E-state index in [1.54, 1.807) is 13.1 Å². The molecule has 1 rings (SSSR count). The van der Waals surface area contributed by atoms with Crippen LogP contribution >= 0.6 is 22.6 Å². The lowest BCUT2D eigenvalue weighted by Gasteiger charge is -2.07. The van der Waals surface area contributed by atoms with Gasteiger partial charge in [-0.25, -0.2) is 0 Å². The molecule has 0 saturated carbocycles. The van der Waals surface area contributed by atoms with Crippen molar-refractivity contribution in [3.05, 3.63) is 30.1 Å². The van der Waals surface area contributed by atoms with Gasteiger partial charge in [-0.15, -0.1) is 0 Å². The molecule has 0 bridgehead atoms. The SMILES string of the molecule is CCOC(=O)C(I)c1ccccn1. The molecular formula is C9H10INO2. The summed E-state index contributed by atoms with van der Waals surface area (Å²) in [5, 5.41) is 0. The molecule has 0 aliphatic rings. The van der Waals surface area contributed by atoms with Crippen molar-refractivity contribution in [2.75, 3.05) is 6.61 Å². The maximum atomic E-state index is 11.3. The van der Waals surface area contributed by atoms with Gasteiger partial charge in [0.15, 0.2) is 3.92 Å². The smallest absolute Gasteiger partial charge is 0.325 e. The minimum atomic E-state index is -0.307. The van der Waals surface area contributed by atoms with Gasteiger partial charge in [0.2, 0.25) is 0 Å². The molecular weight excluding hydrogens is 281 g/mol. The molecule has 3 nitrogen and oxygen atoms in total. The van der Waals surface area contributed by atoms with E-state index < -0.39 is 0 Å². The average molecular weight is 291 g/mol. The van der Waals surface area contributed by atoms with E-state index in [0.29, 0.717) is 6.61 Å². The number of halogens is 1. The quantitative estimate of drug-likeness (QED) is 0.486. The average Bonchev–Trinajstić information content (AvgIpc) is 2.18. The first kappa shape index (κ1) is 10.4. The number of nitrogens with zero attached hydrogens (tertiary/aromatic N) is 1. The van der Waals surface area contributed by atoms with Crippen LogP contribution in [-0.4, -0.2) is 17.6 Å². The fourth-order valence-corrected chi connectivity index (χ4v) is 1.41. The van der Waals surface area contributed by atoms with Crippen LogP contribution < -0.4 is 0 Å². The molecule has 70 valence electrons. The Morgan fingerprint density at radius 1 is 1.69 bits per heavy atom. The van der Waals surface area contributed by atoms with E-state index in [1.165, 1.54) is 0 Å². The first-order valence-electron chi connectivity index (χ1n) is 3.97. The summed E-state index contributed by atoms with van der Waals surface area (Å²) in [7, 11) is 0. The van der Waals surface area contributed by atoms with Crippen molar-refractivity contribution in [2.45, 2.75) is 10.8 Å². The molecule has 0 saturated heterocycles. The molecule has 0 aliphatic heterocycles. The number of hydrogen-bond donors (Lipinski definition) is 0. The van der Waals surface area contributed by atoms with Crippen LogP contribution in [0, 0.1) is 0 Å². The maximum Gasteiger partial charge on any atom is 0.325 e. The number of alkyl halides is 1. The van der Waals surface area contributed by atoms with Crippen molar-refractivity contribution in [2.24, 2.45) is 0 Å². The van der Waals surface area contributed by atoms with Crippen molar-refractivity contribution in [3.63, 3.8) is 0 Å². The zero-order valence-corrected chi connectivity index (χ0v) is 9.39. The largest absolute Gasteiger partial charge is 0.465 e. The van der Waals surface area contributed by atoms with Gasteiger partial charge in [-0.1, -0.05) is 28.7 Å². The van der Waals surface area contributed by atoms with Crippen molar-refractivity contribution in [1.82, 2.24) is 4.98 Å². The minimum Gasteiger partial charge on any atom is -0.465 e. The molecule has 0 N–H and O–H groups in total. The third-order valence-corrected chi connectivity index (χ3v) is 2.59. The van der Waals surface area contributed by atoms with Crippen molar-refractivity contribution < 1.29 is 9.53 Å². The summed E-state index contributed by atoms with van der Waals surface area (Å²) >= 11 is 2.02. The summed E-state index contributed by atoms with van der Waals surface area (Å²) in [6.45, 7) is 2.20. The highest BCUT2D eigenvalue weighted by molar-refractivity contribution is 14.1. The molecule has 0 fully saturated rings. The monoisotopic (exact) mass is 291 g/mol. The molecule has 1 heterocycles. The van der Waals surface area contributed by atoms with Gasteiger partial charge < -0.3 is 4.74 Å². The van der Waals surface area contributed by atoms with Gasteiger partial charge >= 0.3 is 5.97 Å². The number of aromatic nitrogens is 1. The third kappa shape index (κ3) is 2.95. The number of esters is 1. The van der Waals surface area contributed by atoms with E-state index in [0.717, 1.165) is 5.69 Å². The Kier molecular flexibility index (Phi) is 4.14. The Morgan fingerprint density at radius 3 is 3.00 bits per heavy atom. The second-order valence-corrected chi connectivity index (χ2v) is 3.61. The normalized spacial score (nSPS) is 12.2. The van der Waals surface area contributed by atoms with Crippen LogP contribution in [0.25, 0.3) is 0 Å². The standard InChI is InChI=1S/C9H10INO2/c1-2-13-9(12)8(10)7-5-3-4-6-11-7/h3-6,8H,2H2,1H3. The van der Waals surface area contributed by atoms with Gasteiger partial charge in [0.05, 0.1) is 12.3 Å². The van der Waals surface area contributed by atoms with Crippen LogP contribution in [-0.2, 0) is 9.53 Å². The number of carbonyl (C=O) groups excluding carboxylic acids is 1. The van der Waals surface area contributed by atoms with Crippen LogP contribution in [0.2, 0.25) is 0 Å². The van der Waals surface area contributed by atoms with Crippen molar-refractivity contribution in [1.29, 1.82) is 0 Å². The van der Waals surface area contributed by atoms with E-state index >= 15 is 0 Å². The fourth-order valence-electron chi connectivity index (χ4n) is 0.862. The molecule has 0 radical (unpaired) electrons. The lowest BCUT2D eigenvalue weighted by molar-refractivity contribution is -0.142. The topological polar surface area (TPSA) is 39.2 Å². The Morgan fingerprint density at radius 2 is 2.46 bits per heavy atom. The third-order valence-electron chi connectivity index (χ3n) is 1.44. The van der Waals surface area contributed by atoms with E-state index in [9.17, 15) is 4.79 Å². The van der Waals surface area contributed by atoms with Crippen LogP contribution in [0.5, 0.6) is 0 Å². The summed E-state index contributed by atoms with van der Waals surface area (Å²) < 4.78 is 4.56. The van der Waals surface area contributed by atoms with Crippen LogP contribution in [0.15, 0.2) is 24.4 Å². The molecule has 0 spiro atoms. The molecule has 1 unspecified atom stereocenters. The summed E-state index contributed by atoms with van der Waals surface area (Å²) in [4.78, 5) is 15.3.